The summed E-state index contributed by atoms with van der Waals surface area (Å²) in [5, 5.41) is 9.21. The van der Waals surface area contributed by atoms with E-state index in [2.05, 4.69) is 6.07 Å². The molecule has 0 heterocycles. The number of carboxylic acid groups (broad SMARTS) is 1. The minimum Gasteiger partial charge on any atom is -0.478 e. The highest BCUT2D eigenvalue weighted by atomic mass is 16.4. The number of rotatable bonds is 1. The molecule has 15 heavy (non-hydrogen) atoms. The van der Waals surface area contributed by atoms with Crippen LogP contribution in [0.25, 0.3) is 0 Å². The largest absolute Gasteiger partial charge is 0.478 e. The Balaban J connectivity index is 2.56. The van der Waals surface area contributed by atoms with Crippen LogP contribution < -0.4 is 0 Å². The molecule has 1 aromatic rings. The van der Waals surface area contributed by atoms with E-state index in [9.17, 15) is 9.90 Å². The van der Waals surface area contributed by atoms with Crippen LogP contribution >= 0.6 is 0 Å². The van der Waals surface area contributed by atoms with Crippen molar-refractivity contribution in [1.29, 1.82) is 0 Å². The van der Waals surface area contributed by atoms with Gasteiger partial charge in [0.05, 0.1) is 5.56 Å². The first-order valence-corrected chi connectivity index (χ1v) is 5.55. The van der Waals surface area contributed by atoms with Gasteiger partial charge in [-0.3, -0.25) is 0 Å². The summed E-state index contributed by atoms with van der Waals surface area (Å²) in [6.45, 7) is 1.88. The number of hydrogen-bond acceptors (Lipinski definition) is 1. The Morgan fingerprint density at radius 1 is 1.20 bits per heavy atom. The van der Waals surface area contributed by atoms with Gasteiger partial charge in [-0.1, -0.05) is 18.6 Å². The van der Waals surface area contributed by atoms with Gasteiger partial charge in [0.2, 0.25) is 0 Å². The van der Waals surface area contributed by atoms with Crippen molar-refractivity contribution in [2.24, 2.45) is 0 Å². The van der Waals surface area contributed by atoms with Crippen molar-refractivity contribution in [2.45, 2.75) is 39.0 Å². The Morgan fingerprint density at radius 3 is 2.67 bits per heavy atom. The maximum absolute atomic E-state index is 11.2. The number of carboxylic acids is 1. The molecule has 80 valence electrons. The molecule has 0 amide bonds. The van der Waals surface area contributed by atoms with E-state index < -0.39 is 5.97 Å². The summed E-state index contributed by atoms with van der Waals surface area (Å²) >= 11 is 0. The summed E-state index contributed by atoms with van der Waals surface area (Å²) in [6.07, 6.45) is 5.49. The molecule has 2 rings (SSSR count). The molecule has 0 saturated carbocycles. The van der Waals surface area contributed by atoms with E-state index >= 15 is 0 Å². The van der Waals surface area contributed by atoms with Crippen LogP contribution in [0.15, 0.2) is 12.1 Å². The van der Waals surface area contributed by atoms with Gasteiger partial charge in [-0.2, -0.15) is 0 Å². The fourth-order valence-corrected chi connectivity index (χ4v) is 2.42. The van der Waals surface area contributed by atoms with Crippen LogP contribution in [0.3, 0.4) is 0 Å². The fourth-order valence-electron chi connectivity index (χ4n) is 2.42. The summed E-state index contributed by atoms with van der Waals surface area (Å²) in [7, 11) is 0. The SMILES string of the molecule is Cc1ccc2c(c1C(=O)O)CCCCC2. The van der Waals surface area contributed by atoms with Crippen LogP contribution in [0, 0.1) is 6.92 Å². The molecule has 0 radical (unpaired) electrons. The molecular formula is C13H16O2. The van der Waals surface area contributed by atoms with Crippen LogP contribution in [-0.4, -0.2) is 11.1 Å². The number of benzene rings is 1. The van der Waals surface area contributed by atoms with Gasteiger partial charge in [0, 0.05) is 0 Å². The standard InChI is InChI=1S/C13H16O2/c1-9-7-8-10-5-3-2-4-6-11(10)12(9)13(14)15/h7-8H,2-6H2,1H3,(H,14,15). The van der Waals surface area contributed by atoms with Crippen LogP contribution in [0.2, 0.25) is 0 Å². The predicted molar refractivity (Wildman–Crippen MR) is 59.4 cm³/mol. The van der Waals surface area contributed by atoms with Gasteiger partial charge in [-0.15, -0.1) is 0 Å². The quantitative estimate of drug-likeness (QED) is 0.714. The molecular weight excluding hydrogens is 188 g/mol. The van der Waals surface area contributed by atoms with E-state index in [1.165, 1.54) is 18.4 Å². The average Bonchev–Trinajstić information content (AvgIpc) is 2.41. The molecule has 0 aromatic heterocycles. The van der Waals surface area contributed by atoms with Crippen molar-refractivity contribution < 1.29 is 9.90 Å². The predicted octanol–water partition coefficient (Wildman–Crippen LogP) is 2.96. The molecule has 1 aliphatic carbocycles. The minimum absolute atomic E-state index is 0.550. The lowest BCUT2D eigenvalue weighted by Crippen LogP contribution is -2.07. The monoisotopic (exact) mass is 204 g/mol. The van der Waals surface area contributed by atoms with Crippen molar-refractivity contribution in [3.63, 3.8) is 0 Å². The van der Waals surface area contributed by atoms with Gasteiger partial charge >= 0.3 is 5.97 Å². The Labute approximate surface area is 89.9 Å². The van der Waals surface area contributed by atoms with Gasteiger partial charge < -0.3 is 5.11 Å². The lowest BCUT2D eigenvalue weighted by Gasteiger charge is -2.11. The number of fused-ring (bicyclic) bond motifs is 1. The van der Waals surface area contributed by atoms with Gasteiger partial charge in [0.15, 0.2) is 0 Å². The zero-order valence-electron chi connectivity index (χ0n) is 9.05. The van der Waals surface area contributed by atoms with Crippen molar-refractivity contribution in [2.75, 3.05) is 0 Å². The third-order valence-electron chi connectivity index (χ3n) is 3.21. The summed E-state index contributed by atoms with van der Waals surface area (Å²) in [6, 6.07) is 4.04. The highest BCUT2D eigenvalue weighted by Gasteiger charge is 2.18. The number of hydrogen-bond donors (Lipinski definition) is 1. The second kappa shape index (κ2) is 4.05. The summed E-state index contributed by atoms with van der Waals surface area (Å²) in [4.78, 5) is 11.2. The minimum atomic E-state index is -0.772. The maximum Gasteiger partial charge on any atom is 0.336 e. The molecule has 0 unspecified atom stereocenters. The van der Waals surface area contributed by atoms with Gasteiger partial charge in [-0.25, -0.2) is 4.79 Å². The fraction of sp³-hybridized carbons (Fsp3) is 0.462. The second-order valence-electron chi connectivity index (χ2n) is 4.26. The molecule has 2 heteroatoms. The van der Waals surface area contributed by atoms with Crippen molar-refractivity contribution in [1.82, 2.24) is 0 Å². The van der Waals surface area contributed by atoms with E-state index in [4.69, 9.17) is 0 Å². The molecule has 0 atom stereocenters. The first kappa shape index (κ1) is 10.2. The lowest BCUT2D eigenvalue weighted by atomic mass is 9.93. The molecule has 0 spiro atoms. The normalized spacial score (nSPS) is 15.5. The van der Waals surface area contributed by atoms with E-state index in [0.717, 1.165) is 30.4 Å². The van der Waals surface area contributed by atoms with Crippen molar-refractivity contribution in [3.8, 4) is 0 Å². The van der Waals surface area contributed by atoms with Gasteiger partial charge in [0.25, 0.3) is 0 Å². The molecule has 0 fully saturated rings. The Kier molecular flexibility index (Phi) is 2.76. The number of aromatic carboxylic acids is 1. The number of carbonyl (C=O) groups is 1. The van der Waals surface area contributed by atoms with E-state index in [0.29, 0.717) is 5.56 Å². The Hall–Kier alpha value is -1.31. The Bertz CT molecular complexity index is 394. The van der Waals surface area contributed by atoms with Crippen LogP contribution in [0.1, 0.15) is 46.3 Å². The van der Waals surface area contributed by atoms with Crippen LogP contribution in [0.5, 0.6) is 0 Å². The molecule has 0 bridgehead atoms. The molecule has 1 aliphatic rings. The summed E-state index contributed by atoms with van der Waals surface area (Å²) in [5.41, 5.74) is 3.77. The molecule has 1 aromatic carbocycles. The van der Waals surface area contributed by atoms with Crippen molar-refractivity contribution >= 4 is 5.97 Å². The molecule has 0 saturated heterocycles. The maximum atomic E-state index is 11.2. The summed E-state index contributed by atoms with van der Waals surface area (Å²) < 4.78 is 0. The average molecular weight is 204 g/mol. The smallest absolute Gasteiger partial charge is 0.336 e. The molecule has 0 aliphatic heterocycles. The molecule has 1 N–H and O–H groups in total. The van der Waals surface area contributed by atoms with E-state index in [1.54, 1.807) is 0 Å². The van der Waals surface area contributed by atoms with E-state index in [-0.39, 0.29) is 0 Å². The van der Waals surface area contributed by atoms with Gasteiger partial charge in [0.1, 0.15) is 0 Å². The highest BCUT2D eigenvalue weighted by molar-refractivity contribution is 5.91. The molecule has 2 nitrogen and oxygen atoms in total. The van der Waals surface area contributed by atoms with E-state index in [1.807, 2.05) is 13.0 Å². The lowest BCUT2D eigenvalue weighted by molar-refractivity contribution is 0.0695. The third-order valence-corrected chi connectivity index (χ3v) is 3.21. The first-order chi connectivity index (χ1) is 7.20. The highest BCUT2D eigenvalue weighted by Crippen LogP contribution is 2.26. The number of aryl methyl sites for hydroxylation is 2. The summed E-state index contributed by atoms with van der Waals surface area (Å²) in [5.74, 6) is -0.772. The Morgan fingerprint density at radius 2 is 1.93 bits per heavy atom. The zero-order chi connectivity index (χ0) is 10.8. The van der Waals surface area contributed by atoms with Gasteiger partial charge in [-0.05, 0) is 49.3 Å². The zero-order valence-corrected chi connectivity index (χ0v) is 9.05. The topological polar surface area (TPSA) is 37.3 Å². The van der Waals surface area contributed by atoms with Crippen LogP contribution in [0.4, 0.5) is 0 Å². The first-order valence-electron chi connectivity index (χ1n) is 5.55. The van der Waals surface area contributed by atoms with Crippen molar-refractivity contribution in [3.05, 3.63) is 34.4 Å². The second-order valence-corrected chi connectivity index (χ2v) is 4.26. The third kappa shape index (κ3) is 1.89. The van der Waals surface area contributed by atoms with Crippen LogP contribution in [-0.2, 0) is 12.8 Å².